The lowest BCUT2D eigenvalue weighted by atomic mass is 9.98. The molecule has 114 valence electrons. The molecule has 0 radical (unpaired) electrons. The molecule has 1 fully saturated rings. The Labute approximate surface area is 135 Å². The predicted octanol–water partition coefficient (Wildman–Crippen LogP) is 3.88. The fourth-order valence-electron chi connectivity index (χ4n) is 2.87. The van der Waals surface area contributed by atoms with Crippen LogP contribution in [-0.2, 0) is 0 Å². The van der Waals surface area contributed by atoms with E-state index in [9.17, 15) is 4.39 Å². The molecule has 1 aliphatic carbocycles. The number of halogens is 1. The van der Waals surface area contributed by atoms with Crippen molar-refractivity contribution < 1.29 is 4.39 Å². The molecule has 4 heteroatoms. The molecule has 23 heavy (non-hydrogen) atoms. The molecule has 1 saturated carbocycles. The summed E-state index contributed by atoms with van der Waals surface area (Å²) in [6.07, 6.45) is 6.28. The molecule has 0 spiro atoms. The van der Waals surface area contributed by atoms with E-state index in [-0.39, 0.29) is 5.56 Å². The molecule has 3 rings (SSSR count). The van der Waals surface area contributed by atoms with Crippen molar-refractivity contribution in [3.8, 4) is 29.0 Å². The second-order valence-corrected chi connectivity index (χ2v) is 5.68. The average Bonchev–Trinajstić information content (AvgIpc) is 3.07. The van der Waals surface area contributed by atoms with E-state index in [2.05, 4.69) is 16.8 Å². The van der Waals surface area contributed by atoms with Crippen LogP contribution in [0.1, 0.15) is 36.8 Å². The fourth-order valence-corrected chi connectivity index (χ4v) is 2.87. The first-order valence-corrected chi connectivity index (χ1v) is 7.65. The molecule has 0 saturated heterocycles. The molecule has 2 aromatic rings. The summed E-state index contributed by atoms with van der Waals surface area (Å²) in [7, 11) is 0. The van der Waals surface area contributed by atoms with E-state index >= 15 is 0 Å². The third-order valence-corrected chi connectivity index (χ3v) is 4.13. The van der Waals surface area contributed by atoms with E-state index < -0.39 is 5.82 Å². The first kappa shape index (κ1) is 15.1. The number of pyridine rings is 1. The Balaban J connectivity index is 2.06. The van der Waals surface area contributed by atoms with Crippen LogP contribution in [0, 0.1) is 34.9 Å². The molecule has 0 atom stereocenters. The van der Waals surface area contributed by atoms with Crippen molar-refractivity contribution in [2.75, 3.05) is 5.73 Å². The van der Waals surface area contributed by atoms with Crippen LogP contribution in [0.5, 0.6) is 0 Å². The van der Waals surface area contributed by atoms with Crippen LogP contribution in [0.15, 0.2) is 30.5 Å². The zero-order chi connectivity index (χ0) is 16.2. The van der Waals surface area contributed by atoms with Gasteiger partial charge in [0.1, 0.15) is 17.7 Å². The minimum Gasteiger partial charge on any atom is -0.383 e. The topological polar surface area (TPSA) is 62.7 Å². The van der Waals surface area contributed by atoms with Gasteiger partial charge in [0.2, 0.25) is 0 Å². The van der Waals surface area contributed by atoms with Crippen molar-refractivity contribution in [1.82, 2.24) is 4.98 Å². The van der Waals surface area contributed by atoms with Crippen molar-refractivity contribution in [1.29, 1.82) is 5.26 Å². The molecule has 0 amide bonds. The summed E-state index contributed by atoms with van der Waals surface area (Å²) in [6.45, 7) is 0. The Kier molecular flexibility index (Phi) is 4.26. The Hall–Kier alpha value is -2.85. The molecule has 1 aromatic heterocycles. The first-order valence-electron chi connectivity index (χ1n) is 7.65. The van der Waals surface area contributed by atoms with Crippen LogP contribution < -0.4 is 5.73 Å². The molecule has 1 heterocycles. The van der Waals surface area contributed by atoms with Gasteiger partial charge in [-0.05, 0) is 36.6 Å². The normalized spacial score (nSPS) is 14.1. The summed E-state index contributed by atoms with van der Waals surface area (Å²) in [5, 5.41) is 9.01. The molecule has 3 nitrogen and oxygen atoms in total. The van der Waals surface area contributed by atoms with Gasteiger partial charge >= 0.3 is 0 Å². The molecule has 0 unspecified atom stereocenters. The average molecular weight is 305 g/mol. The van der Waals surface area contributed by atoms with Crippen molar-refractivity contribution in [3.63, 3.8) is 0 Å². The smallest absolute Gasteiger partial charge is 0.140 e. The Morgan fingerprint density at radius 2 is 2.00 bits per heavy atom. The number of nitrogens with two attached hydrogens (primary N) is 1. The molecule has 2 N–H and O–H groups in total. The summed E-state index contributed by atoms with van der Waals surface area (Å²) >= 11 is 0. The highest BCUT2D eigenvalue weighted by atomic mass is 19.1. The van der Waals surface area contributed by atoms with Gasteiger partial charge in [-0.15, -0.1) is 0 Å². The number of nitrogens with zero attached hydrogens (tertiary/aromatic N) is 2. The Morgan fingerprint density at radius 3 is 2.74 bits per heavy atom. The largest absolute Gasteiger partial charge is 0.383 e. The van der Waals surface area contributed by atoms with Crippen LogP contribution in [0.25, 0.3) is 11.1 Å². The number of aromatic nitrogens is 1. The number of nitrogen functional groups attached to an aromatic ring is 1. The quantitative estimate of drug-likeness (QED) is 0.813. The number of benzene rings is 1. The van der Waals surface area contributed by atoms with Gasteiger partial charge in [-0.1, -0.05) is 30.7 Å². The summed E-state index contributed by atoms with van der Waals surface area (Å²) in [5.41, 5.74) is 8.14. The summed E-state index contributed by atoms with van der Waals surface area (Å²) in [6, 6.07) is 8.09. The van der Waals surface area contributed by atoms with Crippen LogP contribution in [0.2, 0.25) is 0 Å². The number of nitriles is 1. The predicted molar refractivity (Wildman–Crippen MR) is 87.6 cm³/mol. The maximum Gasteiger partial charge on any atom is 0.140 e. The van der Waals surface area contributed by atoms with Crippen molar-refractivity contribution in [2.45, 2.75) is 25.7 Å². The Bertz CT molecular complexity index is 834. The SMILES string of the molecule is N#Cc1cc(-c2ccnc(N)c2C#CC2CCCC2)ccc1F. The van der Waals surface area contributed by atoms with Gasteiger partial charge in [-0.25, -0.2) is 9.37 Å². The number of hydrogen-bond donors (Lipinski definition) is 1. The lowest BCUT2D eigenvalue weighted by molar-refractivity contribution is 0.624. The van der Waals surface area contributed by atoms with Crippen molar-refractivity contribution in [3.05, 3.63) is 47.4 Å². The van der Waals surface area contributed by atoms with Crippen LogP contribution in [0.3, 0.4) is 0 Å². The van der Waals surface area contributed by atoms with Crippen LogP contribution in [-0.4, -0.2) is 4.98 Å². The third kappa shape index (κ3) is 3.17. The highest BCUT2D eigenvalue weighted by molar-refractivity contribution is 5.76. The molecular weight excluding hydrogens is 289 g/mol. The highest BCUT2D eigenvalue weighted by Crippen LogP contribution is 2.28. The molecule has 0 aliphatic heterocycles. The van der Waals surface area contributed by atoms with Crippen molar-refractivity contribution in [2.24, 2.45) is 5.92 Å². The van der Waals surface area contributed by atoms with Gasteiger partial charge in [0, 0.05) is 17.7 Å². The molecule has 1 aromatic carbocycles. The van der Waals surface area contributed by atoms with Gasteiger partial charge in [-0.2, -0.15) is 5.26 Å². The summed E-state index contributed by atoms with van der Waals surface area (Å²) in [5.74, 6) is 6.67. The Morgan fingerprint density at radius 1 is 1.22 bits per heavy atom. The van der Waals surface area contributed by atoms with Crippen LogP contribution in [0.4, 0.5) is 10.2 Å². The highest BCUT2D eigenvalue weighted by Gasteiger charge is 2.13. The first-order chi connectivity index (χ1) is 11.2. The lowest BCUT2D eigenvalue weighted by Gasteiger charge is -2.08. The molecular formula is C19H16FN3. The van der Waals surface area contributed by atoms with Gasteiger partial charge in [-0.3, -0.25) is 0 Å². The number of hydrogen-bond acceptors (Lipinski definition) is 3. The maximum atomic E-state index is 13.5. The second kappa shape index (κ2) is 6.50. The van der Waals surface area contributed by atoms with E-state index in [4.69, 9.17) is 11.0 Å². The van der Waals surface area contributed by atoms with E-state index in [1.54, 1.807) is 18.3 Å². The molecule has 0 bridgehead atoms. The summed E-state index contributed by atoms with van der Waals surface area (Å²) < 4.78 is 13.5. The van der Waals surface area contributed by atoms with E-state index in [1.807, 2.05) is 6.07 Å². The standard InChI is InChI=1S/C19H16FN3/c20-18-8-6-14(11-15(18)12-21)16-9-10-23-19(22)17(16)7-5-13-3-1-2-4-13/h6,8-11,13H,1-4H2,(H2,22,23). The zero-order valence-electron chi connectivity index (χ0n) is 12.6. The van der Waals surface area contributed by atoms with E-state index in [0.29, 0.717) is 22.9 Å². The molecule has 1 aliphatic rings. The monoisotopic (exact) mass is 305 g/mol. The maximum absolute atomic E-state index is 13.5. The lowest BCUT2D eigenvalue weighted by Crippen LogP contribution is -1.98. The van der Waals surface area contributed by atoms with Gasteiger partial charge in [0.15, 0.2) is 0 Å². The minimum atomic E-state index is -0.531. The fraction of sp³-hybridized carbons (Fsp3) is 0.263. The number of anilines is 1. The van der Waals surface area contributed by atoms with Crippen LogP contribution >= 0.6 is 0 Å². The van der Waals surface area contributed by atoms with Gasteiger partial charge in [0.25, 0.3) is 0 Å². The van der Waals surface area contributed by atoms with E-state index in [0.717, 1.165) is 18.4 Å². The van der Waals surface area contributed by atoms with Crippen molar-refractivity contribution >= 4 is 5.82 Å². The number of rotatable bonds is 1. The second-order valence-electron chi connectivity index (χ2n) is 5.68. The zero-order valence-corrected chi connectivity index (χ0v) is 12.6. The van der Waals surface area contributed by atoms with E-state index in [1.165, 1.54) is 25.0 Å². The summed E-state index contributed by atoms with van der Waals surface area (Å²) in [4.78, 5) is 4.11. The minimum absolute atomic E-state index is 0.00702. The van der Waals surface area contributed by atoms with Gasteiger partial charge < -0.3 is 5.73 Å². The third-order valence-electron chi connectivity index (χ3n) is 4.13. The van der Waals surface area contributed by atoms with Gasteiger partial charge in [0.05, 0.1) is 11.1 Å².